The number of carbonyl (C=O) groups excluding carboxylic acids is 1. The smallest absolute Gasteiger partial charge is 0.169 e. The van der Waals surface area contributed by atoms with Gasteiger partial charge in [-0.3, -0.25) is 4.79 Å². The van der Waals surface area contributed by atoms with Gasteiger partial charge in [0.2, 0.25) is 0 Å². The number of fused-ring (bicyclic) bond motifs is 2. The van der Waals surface area contributed by atoms with E-state index in [2.05, 4.69) is 5.32 Å². The van der Waals surface area contributed by atoms with Gasteiger partial charge in [0.05, 0.1) is 6.54 Å². The van der Waals surface area contributed by atoms with Crippen LogP contribution in [0.25, 0.3) is 0 Å². The molecule has 2 heteroatoms. The molecule has 0 unspecified atom stereocenters. The van der Waals surface area contributed by atoms with Crippen LogP contribution in [-0.2, 0) is 4.79 Å². The molecule has 2 fully saturated rings. The fraction of sp³-hybridized carbons (Fsp3) is 0.750. The first-order valence-corrected chi connectivity index (χ1v) is 5.65. The zero-order valence-electron chi connectivity index (χ0n) is 8.88. The lowest BCUT2D eigenvalue weighted by atomic mass is 9.94. The molecule has 2 rings (SSSR count). The maximum absolute atomic E-state index is 11.3. The van der Waals surface area contributed by atoms with Gasteiger partial charge in [-0.2, -0.15) is 0 Å². The first-order valence-electron chi connectivity index (χ1n) is 5.65. The third-order valence-electron chi connectivity index (χ3n) is 3.73. The van der Waals surface area contributed by atoms with Crippen molar-refractivity contribution in [1.29, 1.82) is 0 Å². The molecule has 2 bridgehead atoms. The summed E-state index contributed by atoms with van der Waals surface area (Å²) in [5, 5.41) is 3.47. The molecule has 0 aliphatic heterocycles. The molecular formula is C12H19NO. The second kappa shape index (κ2) is 3.85. The predicted octanol–water partition coefficient (Wildman–Crippen LogP) is 2.05. The van der Waals surface area contributed by atoms with E-state index in [0.29, 0.717) is 12.1 Å². The van der Waals surface area contributed by atoms with E-state index in [1.165, 1.54) is 32.1 Å². The molecule has 0 spiro atoms. The molecule has 2 saturated carbocycles. The van der Waals surface area contributed by atoms with Gasteiger partial charge in [-0.1, -0.05) is 6.08 Å². The van der Waals surface area contributed by atoms with Crippen molar-refractivity contribution in [1.82, 2.24) is 5.32 Å². The second-order valence-corrected chi connectivity index (χ2v) is 4.75. The van der Waals surface area contributed by atoms with Gasteiger partial charge in [-0.15, -0.1) is 0 Å². The topological polar surface area (TPSA) is 29.1 Å². The Labute approximate surface area is 85.8 Å². The van der Waals surface area contributed by atoms with Gasteiger partial charge in [0.25, 0.3) is 0 Å². The minimum atomic E-state index is 0.206. The molecule has 1 N–H and O–H groups in total. The van der Waals surface area contributed by atoms with Crippen LogP contribution in [0.15, 0.2) is 12.2 Å². The van der Waals surface area contributed by atoms with Crippen molar-refractivity contribution in [3.05, 3.63) is 12.2 Å². The van der Waals surface area contributed by atoms with Crippen molar-refractivity contribution in [3.63, 3.8) is 0 Å². The third-order valence-corrected chi connectivity index (χ3v) is 3.73. The average molecular weight is 193 g/mol. The molecule has 0 heterocycles. The Morgan fingerprint density at radius 3 is 2.71 bits per heavy atom. The van der Waals surface area contributed by atoms with E-state index in [9.17, 15) is 4.79 Å². The monoisotopic (exact) mass is 193 g/mol. The highest BCUT2D eigenvalue weighted by molar-refractivity contribution is 5.91. The summed E-state index contributed by atoms with van der Waals surface area (Å²) in [6.07, 6.45) is 10.1. The minimum absolute atomic E-state index is 0.206. The van der Waals surface area contributed by atoms with Crippen molar-refractivity contribution < 1.29 is 4.79 Å². The summed E-state index contributed by atoms with van der Waals surface area (Å²) in [6, 6.07) is 0. The Bertz CT molecular complexity index is 249. The Kier molecular flexibility index (Phi) is 2.73. The quantitative estimate of drug-likeness (QED) is 0.692. The fourth-order valence-electron chi connectivity index (χ4n) is 2.96. The molecule has 78 valence electrons. The standard InChI is InChI=1S/C12H19NO/c1-2-3-11(14)9-13-12-6-4-10(8-12)5-7-12/h2-3,10,13H,4-9H2,1H3. The van der Waals surface area contributed by atoms with Gasteiger partial charge >= 0.3 is 0 Å². The maximum Gasteiger partial charge on any atom is 0.169 e. The zero-order valence-corrected chi connectivity index (χ0v) is 8.88. The van der Waals surface area contributed by atoms with E-state index >= 15 is 0 Å². The number of ketones is 1. The van der Waals surface area contributed by atoms with E-state index in [1.54, 1.807) is 6.08 Å². The number of hydrogen-bond donors (Lipinski definition) is 1. The Hall–Kier alpha value is -0.630. The fourth-order valence-corrected chi connectivity index (χ4v) is 2.96. The zero-order chi connectivity index (χ0) is 10.0. The molecule has 0 atom stereocenters. The first kappa shape index (κ1) is 9.91. The van der Waals surface area contributed by atoms with Crippen LogP contribution in [0.4, 0.5) is 0 Å². The summed E-state index contributed by atoms with van der Waals surface area (Å²) < 4.78 is 0. The third kappa shape index (κ3) is 1.90. The molecule has 2 nitrogen and oxygen atoms in total. The van der Waals surface area contributed by atoms with Crippen LogP contribution < -0.4 is 5.32 Å². The lowest BCUT2D eigenvalue weighted by molar-refractivity contribution is -0.114. The largest absolute Gasteiger partial charge is 0.304 e. The summed E-state index contributed by atoms with van der Waals surface area (Å²) in [6.45, 7) is 2.41. The van der Waals surface area contributed by atoms with Crippen molar-refractivity contribution >= 4 is 5.78 Å². The normalized spacial score (nSPS) is 35.6. The van der Waals surface area contributed by atoms with E-state index < -0.39 is 0 Å². The van der Waals surface area contributed by atoms with Crippen molar-refractivity contribution in [2.24, 2.45) is 5.92 Å². The van der Waals surface area contributed by atoms with Crippen LogP contribution in [0.1, 0.15) is 39.0 Å². The molecule has 0 radical (unpaired) electrons. The molecule has 2 aliphatic carbocycles. The minimum Gasteiger partial charge on any atom is -0.304 e. The molecule has 0 aromatic carbocycles. The van der Waals surface area contributed by atoms with E-state index in [0.717, 1.165) is 5.92 Å². The molecule has 0 aromatic heterocycles. The van der Waals surface area contributed by atoms with Crippen LogP contribution >= 0.6 is 0 Å². The van der Waals surface area contributed by atoms with Gasteiger partial charge < -0.3 is 5.32 Å². The van der Waals surface area contributed by atoms with Crippen LogP contribution in [0.5, 0.6) is 0 Å². The van der Waals surface area contributed by atoms with Gasteiger partial charge in [-0.25, -0.2) is 0 Å². The number of allylic oxidation sites excluding steroid dienone is 1. The van der Waals surface area contributed by atoms with Gasteiger partial charge in [0.15, 0.2) is 5.78 Å². The van der Waals surface area contributed by atoms with Gasteiger partial charge in [0.1, 0.15) is 0 Å². The molecule has 14 heavy (non-hydrogen) atoms. The molecular weight excluding hydrogens is 174 g/mol. The summed E-state index contributed by atoms with van der Waals surface area (Å²) in [5.41, 5.74) is 0.335. The highest BCUT2D eigenvalue weighted by Gasteiger charge is 2.44. The Morgan fingerprint density at radius 2 is 2.21 bits per heavy atom. The van der Waals surface area contributed by atoms with E-state index in [-0.39, 0.29) is 5.78 Å². The summed E-state index contributed by atoms with van der Waals surface area (Å²) in [7, 11) is 0. The SMILES string of the molecule is CC=CC(=O)CNC12CCC(CC1)C2. The van der Waals surface area contributed by atoms with Crippen molar-refractivity contribution in [2.45, 2.75) is 44.6 Å². The first-order chi connectivity index (χ1) is 6.74. The lowest BCUT2D eigenvalue weighted by Crippen LogP contribution is -2.43. The van der Waals surface area contributed by atoms with Crippen LogP contribution in [-0.4, -0.2) is 17.9 Å². The Balaban J connectivity index is 1.83. The van der Waals surface area contributed by atoms with E-state index in [1.807, 2.05) is 13.0 Å². The number of hydrogen-bond acceptors (Lipinski definition) is 2. The summed E-state index contributed by atoms with van der Waals surface area (Å²) in [5.74, 6) is 1.15. The number of carbonyl (C=O) groups is 1. The van der Waals surface area contributed by atoms with E-state index in [4.69, 9.17) is 0 Å². The molecule has 2 aliphatic rings. The predicted molar refractivity (Wildman–Crippen MR) is 57.1 cm³/mol. The van der Waals surface area contributed by atoms with Crippen LogP contribution in [0, 0.1) is 5.92 Å². The molecule has 0 amide bonds. The van der Waals surface area contributed by atoms with Gasteiger partial charge in [0, 0.05) is 5.54 Å². The summed E-state index contributed by atoms with van der Waals surface area (Å²) >= 11 is 0. The highest BCUT2D eigenvalue weighted by atomic mass is 16.1. The summed E-state index contributed by atoms with van der Waals surface area (Å²) in [4.78, 5) is 11.3. The second-order valence-electron chi connectivity index (χ2n) is 4.75. The maximum atomic E-state index is 11.3. The Morgan fingerprint density at radius 1 is 1.50 bits per heavy atom. The average Bonchev–Trinajstić information content (AvgIpc) is 2.75. The molecule has 0 saturated heterocycles. The van der Waals surface area contributed by atoms with Gasteiger partial charge in [-0.05, 0) is 51.0 Å². The highest BCUT2D eigenvalue weighted by Crippen LogP contribution is 2.47. The number of nitrogens with one attached hydrogen (secondary N) is 1. The number of rotatable bonds is 4. The van der Waals surface area contributed by atoms with Crippen LogP contribution in [0.3, 0.4) is 0 Å². The van der Waals surface area contributed by atoms with Crippen LogP contribution in [0.2, 0.25) is 0 Å². The molecule has 0 aromatic rings. The van der Waals surface area contributed by atoms with Crippen molar-refractivity contribution in [2.75, 3.05) is 6.54 Å². The van der Waals surface area contributed by atoms with Crippen molar-refractivity contribution in [3.8, 4) is 0 Å². The lowest BCUT2D eigenvalue weighted by Gasteiger charge is -2.27.